The second-order valence-corrected chi connectivity index (χ2v) is 6.88. The van der Waals surface area contributed by atoms with Gasteiger partial charge in [-0.25, -0.2) is 4.39 Å². The van der Waals surface area contributed by atoms with Gasteiger partial charge in [0.15, 0.2) is 0 Å². The van der Waals surface area contributed by atoms with Crippen LogP contribution in [0.3, 0.4) is 0 Å². The van der Waals surface area contributed by atoms with Crippen molar-refractivity contribution in [3.8, 4) is 0 Å². The average molecular weight is 333 g/mol. The maximum absolute atomic E-state index is 13.7. The highest BCUT2D eigenvalue weighted by atomic mass is 19.1. The Morgan fingerprint density at radius 2 is 1.79 bits per heavy atom. The van der Waals surface area contributed by atoms with Gasteiger partial charge in [-0.3, -0.25) is 9.59 Å². The molecule has 1 saturated carbocycles. The van der Waals surface area contributed by atoms with E-state index in [4.69, 9.17) is 5.73 Å². The lowest BCUT2D eigenvalue weighted by Crippen LogP contribution is -2.56. The summed E-state index contributed by atoms with van der Waals surface area (Å²) in [6, 6.07) is 6.06. The van der Waals surface area contributed by atoms with E-state index in [1.165, 1.54) is 12.1 Å². The maximum Gasteiger partial charge on any atom is 0.256 e. The van der Waals surface area contributed by atoms with Crippen LogP contribution in [0.5, 0.6) is 0 Å². The molecule has 3 rings (SSSR count). The number of likely N-dealkylation sites (tertiary alicyclic amines) is 1. The summed E-state index contributed by atoms with van der Waals surface area (Å²) < 4.78 is 13.7. The fourth-order valence-electron chi connectivity index (χ4n) is 3.59. The summed E-state index contributed by atoms with van der Waals surface area (Å²) in [7, 11) is 0. The number of rotatable bonds is 3. The number of amides is 2. The van der Waals surface area contributed by atoms with E-state index >= 15 is 0 Å². The second kappa shape index (κ2) is 6.89. The molecule has 6 heteroatoms. The minimum Gasteiger partial charge on any atom is -0.352 e. The van der Waals surface area contributed by atoms with E-state index in [0.717, 1.165) is 25.7 Å². The topological polar surface area (TPSA) is 75.4 Å². The van der Waals surface area contributed by atoms with E-state index < -0.39 is 11.4 Å². The molecule has 1 heterocycles. The van der Waals surface area contributed by atoms with Gasteiger partial charge in [0, 0.05) is 19.1 Å². The highest BCUT2D eigenvalue weighted by Gasteiger charge is 2.38. The van der Waals surface area contributed by atoms with Gasteiger partial charge < -0.3 is 16.0 Å². The van der Waals surface area contributed by atoms with E-state index in [2.05, 4.69) is 5.32 Å². The largest absolute Gasteiger partial charge is 0.352 e. The highest BCUT2D eigenvalue weighted by molar-refractivity contribution is 5.94. The number of hydrogen-bond donors (Lipinski definition) is 2. The molecule has 0 spiro atoms. The predicted molar refractivity (Wildman–Crippen MR) is 88.9 cm³/mol. The molecule has 0 aromatic heterocycles. The molecule has 5 nitrogen and oxygen atoms in total. The zero-order valence-corrected chi connectivity index (χ0v) is 13.8. The zero-order valence-electron chi connectivity index (χ0n) is 13.8. The Bertz CT molecular complexity index is 620. The molecule has 0 radical (unpaired) electrons. The van der Waals surface area contributed by atoms with Crippen LogP contribution in [-0.2, 0) is 4.79 Å². The van der Waals surface area contributed by atoms with Crippen molar-refractivity contribution in [1.82, 2.24) is 10.2 Å². The highest BCUT2D eigenvalue weighted by Crippen LogP contribution is 2.27. The van der Waals surface area contributed by atoms with Crippen LogP contribution in [0.4, 0.5) is 4.39 Å². The molecule has 0 atom stereocenters. The monoisotopic (exact) mass is 333 g/mol. The van der Waals surface area contributed by atoms with Crippen molar-refractivity contribution in [1.29, 1.82) is 0 Å². The smallest absolute Gasteiger partial charge is 0.256 e. The summed E-state index contributed by atoms with van der Waals surface area (Å²) in [5.74, 6) is -0.855. The van der Waals surface area contributed by atoms with E-state index in [0.29, 0.717) is 25.9 Å². The van der Waals surface area contributed by atoms with Gasteiger partial charge in [-0.15, -0.1) is 0 Å². The number of piperidine rings is 1. The van der Waals surface area contributed by atoms with Crippen LogP contribution >= 0.6 is 0 Å². The van der Waals surface area contributed by atoms with Crippen molar-refractivity contribution in [3.63, 3.8) is 0 Å². The fourth-order valence-corrected chi connectivity index (χ4v) is 3.59. The van der Waals surface area contributed by atoms with Crippen LogP contribution in [0.1, 0.15) is 48.9 Å². The Morgan fingerprint density at radius 3 is 2.42 bits per heavy atom. The second-order valence-electron chi connectivity index (χ2n) is 6.88. The van der Waals surface area contributed by atoms with E-state index in [1.54, 1.807) is 17.0 Å². The molecule has 1 aliphatic carbocycles. The van der Waals surface area contributed by atoms with Gasteiger partial charge in [0.05, 0.1) is 11.1 Å². The Balaban J connectivity index is 1.53. The quantitative estimate of drug-likeness (QED) is 0.886. The summed E-state index contributed by atoms with van der Waals surface area (Å²) >= 11 is 0. The van der Waals surface area contributed by atoms with Gasteiger partial charge in [-0.1, -0.05) is 25.0 Å². The number of nitrogens with two attached hydrogens (primary N) is 1. The maximum atomic E-state index is 13.7. The summed E-state index contributed by atoms with van der Waals surface area (Å²) in [6.45, 7) is 1.02. The van der Waals surface area contributed by atoms with Crippen molar-refractivity contribution in [2.45, 2.75) is 50.1 Å². The molecule has 1 aliphatic heterocycles. The summed E-state index contributed by atoms with van der Waals surface area (Å²) in [5.41, 5.74) is 5.55. The minimum absolute atomic E-state index is 0.0307. The SMILES string of the molecule is NC1(C(=O)NC2CCN(C(=O)c3ccccc3F)CC2)CCCC1. The predicted octanol–water partition coefficient (Wildman–Crippen LogP) is 1.82. The third-order valence-electron chi connectivity index (χ3n) is 5.17. The molecule has 0 unspecified atom stereocenters. The van der Waals surface area contributed by atoms with Gasteiger partial charge in [0.25, 0.3) is 5.91 Å². The number of nitrogens with zero attached hydrogens (tertiary/aromatic N) is 1. The Kier molecular flexibility index (Phi) is 4.85. The van der Waals surface area contributed by atoms with Crippen molar-refractivity contribution >= 4 is 11.8 Å². The minimum atomic E-state index is -0.722. The fraction of sp³-hybridized carbons (Fsp3) is 0.556. The number of carbonyl (C=O) groups excluding carboxylic acids is 2. The molecule has 1 aromatic rings. The summed E-state index contributed by atoms with van der Waals surface area (Å²) in [5, 5.41) is 3.04. The number of nitrogens with one attached hydrogen (secondary N) is 1. The van der Waals surface area contributed by atoms with Crippen LogP contribution in [0, 0.1) is 5.82 Å². The molecule has 1 saturated heterocycles. The van der Waals surface area contributed by atoms with Crippen LogP contribution in [0.25, 0.3) is 0 Å². The molecule has 0 bridgehead atoms. The molecule has 130 valence electrons. The number of benzene rings is 1. The third kappa shape index (κ3) is 3.43. The number of hydrogen-bond acceptors (Lipinski definition) is 3. The molecule has 3 N–H and O–H groups in total. The van der Waals surface area contributed by atoms with Gasteiger partial charge >= 0.3 is 0 Å². The van der Waals surface area contributed by atoms with E-state index in [9.17, 15) is 14.0 Å². The standard InChI is InChI=1S/C18H24FN3O2/c19-15-6-2-1-5-14(15)16(23)22-11-7-13(8-12-22)21-17(24)18(20)9-3-4-10-18/h1-2,5-6,13H,3-4,7-12,20H2,(H,21,24). The first-order chi connectivity index (χ1) is 11.5. The van der Waals surface area contributed by atoms with Crippen molar-refractivity contribution in [3.05, 3.63) is 35.6 Å². The molecule has 2 fully saturated rings. The first kappa shape index (κ1) is 16.9. The van der Waals surface area contributed by atoms with Gasteiger partial charge in [-0.2, -0.15) is 0 Å². The first-order valence-corrected chi connectivity index (χ1v) is 8.63. The first-order valence-electron chi connectivity index (χ1n) is 8.63. The van der Waals surface area contributed by atoms with Crippen molar-refractivity contribution in [2.24, 2.45) is 5.73 Å². The van der Waals surface area contributed by atoms with Gasteiger partial charge in [0.1, 0.15) is 5.82 Å². The Hall–Kier alpha value is -1.95. The lowest BCUT2D eigenvalue weighted by molar-refractivity contribution is -0.127. The van der Waals surface area contributed by atoms with Crippen LogP contribution in [0.2, 0.25) is 0 Å². The molecule has 2 amide bonds. The van der Waals surface area contributed by atoms with Crippen LogP contribution < -0.4 is 11.1 Å². The van der Waals surface area contributed by atoms with Crippen molar-refractivity contribution < 1.29 is 14.0 Å². The van der Waals surface area contributed by atoms with Crippen LogP contribution in [-0.4, -0.2) is 41.4 Å². The van der Waals surface area contributed by atoms with E-state index in [1.807, 2.05) is 0 Å². The summed E-state index contributed by atoms with van der Waals surface area (Å²) in [6.07, 6.45) is 4.82. The number of carbonyl (C=O) groups is 2. The third-order valence-corrected chi connectivity index (χ3v) is 5.17. The molecular weight excluding hydrogens is 309 g/mol. The Labute approximate surface area is 141 Å². The van der Waals surface area contributed by atoms with Gasteiger partial charge in [-0.05, 0) is 37.8 Å². The zero-order chi connectivity index (χ0) is 17.2. The molecular formula is C18H24FN3O2. The number of halogens is 1. The Morgan fingerprint density at radius 1 is 1.17 bits per heavy atom. The molecule has 1 aromatic carbocycles. The lowest BCUT2D eigenvalue weighted by Gasteiger charge is -2.34. The normalized spacial score (nSPS) is 20.8. The van der Waals surface area contributed by atoms with Crippen molar-refractivity contribution in [2.75, 3.05) is 13.1 Å². The van der Waals surface area contributed by atoms with Gasteiger partial charge in [0.2, 0.25) is 5.91 Å². The summed E-state index contributed by atoms with van der Waals surface area (Å²) in [4.78, 5) is 26.4. The molecule has 24 heavy (non-hydrogen) atoms. The van der Waals surface area contributed by atoms with E-state index in [-0.39, 0.29) is 23.4 Å². The van der Waals surface area contributed by atoms with Crippen LogP contribution in [0.15, 0.2) is 24.3 Å². The average Bonchev–Trinajstić information content (AvgIpc) is 3.03. The lowest BCUT2D eigenvalue weighted by atomic mass is 9.96. The molecule has 2 aliphatic rings.